The molecule has 0 aromatic heterocycles. The number of likely N-dealkylation sites (tertiary alicyclic amines) is 1. The molecule has 1 spiro atoms. The van der Waals surface area contributed by atoms with Crippen LogP contribution in [0.15, 0.2) is 48.5 Å². The van der Waals surface area contributed by atoms with Crippen molar-refractivity contribution in [3.8, 4) is 5.75 Å². The molecule has 4 rings (SSSR count). The van der Waals surface area contributed by atoms with Gasteiger partial charge in [0.15, 0.2) is 11.6 Å². The lowest BCUT2D eigenvalue weighted by Gasteiger charge is -2.38. The topological polar surface area (TPSA) is 12.5 Å². The summed E-state index contributed by atoms with van der Waals surface area (Å²) in [4.78, 5) is 2.54. The van der Waals surface area contributed by atoms with Gasteiger partial charge in [0.1, 0.15) is 5.75 Å². The first kappa shape index (κ1) is 18.4. The molecule has 2 nitrogen and oxygen atoms in total. The first-order valence-corrected chi connectivity index (χ1v) is 9.99. The van der Waals surface area contributed by atoms with Crippen molar-refractivity contribution in [1.29, 1.82) is 0 Å². The smallest absolute Gasteiger partial charge is 0.162 e. The largest absolute Gasteiger partial charge is 0.493 e. The lowest BCUT2D eigenvalue weighted by Crippen LogP contribution is -2.35. The first-order valence-electron chi connectivity index (χ1n) is 9.99. The zero-order chi connectivity index (χ0) is 18.7. The summed E-state index contributed by atoms with van der Waals surface area (Å²) in [6.07, 6.45) is 6.35. The summed E-state index contributed by atoms with van der Waals surface area (Å²) in [7, 11) is 0. The second kappa shape index (κ2) is 7.97. The standard InChI is InChI=1S/C23H27F2NO/c24-21-10-9-20(13-22(21)25)27-16-19-15-26(14-18-7-3-1-4-8-18)17-23(19)11-5-2-6-12-23/h1,3-4,7-10,13,19H,2,5-6,11-12,14-17H2. The monoisotopic (exact) mass is 371 g/mol. The Morgan fingerprint density at radius 2 is 1.74 bits per heavy atom. The minimum absolute atomic E-state index is 0.297. The van der Waals surface area contributed by atoms with Crippen LogP contribution in [0.25, 0.3) is 0 Å². The molecular weight excluding hydrogens is 344 g/mol. The van der Waals surface area contributed by atoms with E-state index in [9.17, 15) is 8.78 Å². The van der Waals surface area contributed by atoms with Crippen molar-refractivity contribution < 1.29 is 13.5 Å². The van der Waals surface area contributed by atoms with E-state index in [4.69, 9.17) is 4.74 Å². The Morgan fingerprint density at radius 3 is 2.48 bits per heavy atom. The molecule has 1 heterocycles. The molecule has 1 saturated heterocycles. The Balaban J connectivity index is 1.45. The van der Waals surface area contributed by atoms with E-state index in [1.807, 2.05) is 0 Å². The van der Waals surface area contributed by atoms with Crippen LogP contribution in [0.3, 0.4) is 0 Å². The van der Waals surface area contributed by atoms with Crippen molar-refractivity contribution in [2.45, 2.75) is 38.6 Å². The van der Waals surface area contributed by atoms with Gasteiger partial charge in [-0.15, -0.1) is 0 Å². The number of hydrogen-bond acceptors (Lipinski definition) is 2. The van der Waals surface area contributed by atoms with Crippen molar-refractivity contribution in [2.24, 2.45) is 11.3 Å². The highest BCUT2D eigenvalue weighted by atomic mass is 19.2. The Bertz CT molecular complexity index is 758. The van der Waals surface area contributed by atoms with Crippen molar-refractivity contribution in [1.82, 2.24) is 4.90 Å². The molecule has 2 aromatic carbocycles. The molecular formula is C23H27F2NO. The maximum absolute atomic E-state index is 13.5. The first-order chi connectivity index (χ1) is 13.1. The normalized spacial score (nSPS) is 22.2. The van der Waals surface area contributed by atoms with Gasteiger partial charge in [0.25, 0.3) is 0 Å². The molecule has 27 heavy (non-hydrogen) atoms. The second-order valence-electron chi connectivity index (χ2n) is 8.16. The quantitative estimate of drug-likeness (QED) is 0.695. The number of nitrogens with zero attached hydrogens (tertiary/aromatic N) is 1. The van der Waals surface area contributed by atoms with Crippen LogP contribution in [-0.4, -0.2) is 24.6 Å². The van der Waals surface area contributed by atoms with E-state index >= 15 is 0 Å². The summed E-state index contributed by atoms with van der Waals surface area (Å²) < 4.78 is 32.5. The van der Waals surface area contributed by atoms with E-state index in [1.165, 1.54) is 43.7 Å². The molecule has 1 aliphatic heterocycles. The van der Waals surface area contributed by atoms with Crippen molar-refractivity contribution in [2.75, 3.05) is 19.7 Å². The molecule has 1 unspecified atom stereocenters. The molecule has 2 fully saturated rings. The zero-order valence-corrected chi connectivity index (χ0v) is 15.7. The third-order valence-electron chi connectivity index (χ3n) is 6.32. The van der Waals surface area contributed by atoms with Gasteiger partial charge in [-0.05, 0) is 36.0 Å². The molecule has 0 bridgehead atoms. The fraction of sp³-hybridized carbons (Fsp3) is 0.478. The highest BCUT2D eigenvalue weighted by Crippen LogP contribution is 2.48. The van der Waals surface area contributed by atoms with Gasteiger partial charge in [0, 0.05) is 31.6 Å². The summed E-state index contributed by atoms with van der Waals surface area (Å²) in [5, 5.41) is 0. The third kappa shape index (κ3) is 4.16. The summed E-state index contributed by atoms with van der Waals surface area (Å²) >= 11 is 0. The Kier molecular flexibility index (Phi) is 5.44. The van der Waals surface area contributed by atoms with Crippen LogP contribution in [0.4, 0.5) is 8.78 Å². The summed E-state index contributed by atoms with van der Waals surface area (Å²) in [5.41, 5.74) is 1.64. The molecule has 144 valence electrons. The Labute approximate surface area is 160 Å². The Hall–Kier alpha value is -1.94. The van der Waals surface area contributed by atoms with Gasteiger partial charge in [0.2, 0.25) is 0 Å². The molecule has 1 aliphatic carbocycles. The molecule has 4 heteroatoms. The molecule has 2 aromatic rings. The van der Waals surface area contributed by atoms with E-state index in [2.05, 4.69) is 35.2 Å². The predicted octanol–water partition coefficient (Wildman–Crippen LogP) is 5.43. The fourth-order valence-electron chi connectivity index (χ4n) is 4.92. The second-order valence-corrected chi connectivity index (χ2v) is 8.16. The van der Waals surface area contributed by atoms with Gasteiger partial charge in [-0.25, -0.2) is 8.78 Å². The summed E-state index contributed by atoms with van der Waals surface area (Å²) in [6.45, 7) is 3.63. The Morgan fingerprint density at radius 1 is 0.963 bits per heavy atom. The molecule has 2 aliphatic rings. The maximum atomic E-state index is 13.5. The van der Waals surface area contributed by atoms with Gasteiger partial charge in [-0.2, -0.15) is 0 Å². The van der Waals surface area contributed by atoms with Crippen LogP contribution in [0.1, 0.15) is 37.7 Å². The van der Waals surface area contributed by atoms with E-state index in [0.717, 1.165) is 31.8 Å². The number of ether oxygens (including phenoxy) is 1. The average molecular weight is 371 g/mol. The van der Waals surface area contributed by atoms with Crippen molar-refractivity contribution >= 4 is 0 Å². The molecule has 0 radical (unpaired) electrons. The van der Waals surface area contributed by atoms with Gasteiger partial charge in [0.05, 0.1) is 6.61 Å². The highest BCUT2D eigenvalue weighted by molar-refractivity contribution is 5.23. The van der Waals surface area contributed by atoms with Gasteiger partial charge < -0.3 is 4.74 Å². The van der Waals surface area contributed by atoms with E-state index in [0.29, 0.717) is 23.7 Å². The molecule has 0 amide bonds. The van der Waals surface area contributed by atoms with Crippen LogP contribution < -0.4 is 4.74 Å². The van der Waals surface area contributed by atoms with E-state index in [1.54, 1.807) is 0 Å². The number of rotatable bonds is 5. The van der Waals surface area contributed by atoms with Gasteiger partial charge in [-0.3, -0.25) is 4.90 Å². The number of hydrogen-bond donors (Lipinski definition) is 0. The SMILES string of the molecule is Fc1ccc(OCC2CN(Cc3ccccc3)CC23CCCCC3)cc1F. The molecule has 1 saturated carbocycles. The van der Waals surface area contributed by atoms with Gasteiger partial charge >= 0.3 is 0 Å². The maximum Gasteiger partial charge on any atom is 0.162 e. The van der Waals surface area contributed by atoms with Crippen molar-refractivity contribution in [3.05, 3.63) is 65.7 Å². The van der Waals surface area contributed by atoms with Crippen LogP contribution in [0.5, 0.6) is 5.75 Å². The fourth-order valence-corrected chi connectivity index (χ4v) is 4.92. The van der Waals surface area contributed by atoms with Crippen LogP contribution in [0.2, 0.25) is 0 Å². The third-order valence-corrected chi connectivity index (χ3v) is 6.32. The lowest BCUT2D eigenvalue weighted by atomic mass is 9.68. The lowest BCUT2D eigenvalue weighted by molar-refractivity contribution is 0.100. The van der Waals surface area contributed by atoms with Crippen LogP contribution in [-0.2, 0) is 6.54 Å². The summed E-state index contributed by atoms with van der Waals surface area (Å²) in [5.74, 6) is -0.839. The average Bonchev–Trinajstić information content (AvgIpc) is 3.00. The summed E-state index contributed by atoms with van der Waals surface area (Å²) in [6, 6.07) is 14.4. The number of halogens is 2. The minimum atomic E-state index is -0.850. The van der Waals surface area contributed by atoms with Crippen LogP contribution in [0, 0.1) is 23.0 Å². The van der Waals surface area contributed by atoms with E-state index in [-0.39, 0.29) is 0 Å². The van der Waals surface area contributed by atoms with Gasteiger partial charge in [-0.1, -0.05) is 49.6 Å². The molecule has 1 atom stereocenters. The minimum Gasteiger partial charge on any atom is -0.493 e. The van der Waals surface area contributed by atoms with E-state index < -0.39 is 11.6 Å². The predicted molar refractivity (Wildman–Crippen MR) is 103 cm³/mol. The van der Waals surface area contributed by atoms with Crippen LogP contribution >= 0.6 is 0 Å². The number of benzene rings is 2. The zero-order valence-electron chi connectivity index (χ0n) is 15.7. The molecule has 0 N–H and O–H groups in total. The highest BCUT2D eigenvalue weighted by Gasteiger charge is 2.46. The van der Waals surface area contributed by atoms with Crippen molar-refractivity contribution in [3.63, 3.8) is 0 Å².